The molecule has 100 valence electrons. The van der Waals surface area contributed by atoms with Crippen molar-refractivity contribution >= 4 is 0 Å². The molecule has 0 bridgehead atoms. The lowest BCUT2D eigenvalue weighted by Gasteiger charge is -2.33. The van der Waals surface area contributed by atoms with Crippen LogP contribution >= 0.6 is 0 Å². The van der Waals surface area contributed by atoms with Gasteiger partial charge in [-0.3, -0.25) is 0 Å². The third-order valence-corrected chi connectivity index (χ3v) is 4.14. The van der Waals surface area contributed by atoms with E-state index < -0.39 is 0 Å². The zero-order valence-corrected chi connectivity index (χ0v) is 11.3. The summed E-state index contributed by atoms with van der Waals surface area (Å²) in [6.45, 7) is 7.94. The van der Waals surface area contributed by atoms with Crippen molar-refractivity contribution in [1.82, 2.24) is 10.2 Å². The molecule has 1 N–H and O–H groups in total. The van der Waals surface area contributed by atoms with Crippen LogP contribution in [0.2, 0.25) is 0 Å². The molecule has 2 fully saturated rings. The Morgan fingerprint density at radius 3 is 2.65 bits per heavy atom. The normalized spacial score (nSPS) is 28.4. The van der Waals surface area contributed by atoms with Gasteiger partial charge in [0.1, 0.15) is 0 Å². The van der Waals surface area contributed by atoms with E-state index in [1.807, 2.05) is 0 Å². The van der Waals surface area contributed by atoms with Crippen LogP contribution in [0.25, 0.3) is 0 Å². The number of hydrogen-bond donors (Lipinski definition) is 1. The summed E-state index contributed by atoms with van der Waals surface area (Å²) in [6, 6.07) is 0.786. The van der Waals surface area contributed by atoms with Crippen molar-refractivity contribution < 1.29 is 4.74 Å². The van der Waals surface area contributed by atoms with Crippen molar-refractivity contribution in [2.24, 2.45) is 0 Å². The van der Waals surface area contributed by atoms with Gasteiger partial charge in [0, 0.05) is 25.7 Å². The van der Waals surface area contributed by atoms with Gasteiger partial charge in [0.05, 0.1) is 6.10 Å². The maximum atomic E-state index is 5.69. The molecule has 2 aliphatic heterocycles. The maximum absolute atomic E-state index is 5.69. The van der Waals surface area contributed by atoms with E-state index in [1.54, 1.807) is 0 Å². The van der Waals surface area contributed by atoms with Crippen LogP contribution in [0.15, 0.2) is 0 Å². The number of piperidine rings is 2. The molecule has 3 nitrogen and oxygen atoms in total. The van der Waals surface area contributed by atoms with Gasteiger partial charge >= 0.3 is 0 Å². The highest BCUT2D eigenvalue weighted by Gasteiger charge is 2.20. The molecular weight excluding hydrogens is 212 g/mol. The maximum Gasteiger partial charge on any atom is 0.0599 e. The van der Waals surface area contributed by atoms with Crippen molar-refractivity contribution in [2.45, 2.75) is 57.6 Å². The molecule has 2 rings (SSSR count). The zero-order valence-electron chi connectivity index (χ0n) is 11.3. The molecule has 1 atom stereocenters. The van der Waals surface area contributed by atoms with Gasteiger partial charge in [-0.2, -0.15) is 0 Å². The lowest BCUT2D eigenvalue weighted by atomic mass is 10.0. The van der Waals surface area contributed by atoms with E-state index >= 15 is 0 Å². The monoisotopic (exact) mass is 240 g/mol. The van der Waals surface area contributed by atoms with Crippen molar-refractivity contribution in [3.8, 4) is 0 Å². The third-order valence-electron chi connectivity index (χ3n) is 4.14. The molecule has 2 saturated heterocycles. The molecule has 1 unspecified atom stereocenters. The molecule has 0 aromatic carbocycles. The minimum Gasteiger partial charge on any atom is -0.378 e. The Morgan fingerprint density at radius 1 is 1.18 bits per heavy atom. The summed E-state index contributed by atoms with van der Waals surface area (Å²) >= 11 is 0. The molecule has 2 aliphatic rings. The van der Waals surface area contributed by atoms with E-state index in [0.29, 0.717) is 6.10 Å². The summed E-state index contributed by atoms with van der Waals surface area (Å²) in [4.78, 5) is 2.62. The first-order chi connectivity index (χ1) is 8.38. The predicted octanol–water partition coefficient (Wildman–Crippen LogP) is 2.02. The largest absolute Gasteiger partial charge is 0.378 e. The summed E-state index contributed by atoms with van der Waals surface area (Å²) in [5.41, 5.74) is 0. The highest BCUT2D eigenvalue weighted by Crippen LogP contribution is 2.16. The van der Waals surface area contributed by atoms with E-state index in [0.717, 1.165) is 12.6 Å². The van der Waals surface area contributed by atoms with Crippen LogP contribution in [0.3, 0.4) is 0 Å². The second-order valence-electron chi connectivity index (χ2n) is 5.43. The van der Waals surface area contributed by atoms with Gasteiger partial charge in [0.2, 0.25) is 0 Å². The number of hydrogen-bond acceptors (Lipinski definition) is 3. The molecular formula is C14H28N2O. The van der Waals surface area contributed by atoms with E-state index in [4.69, 9.17) is 4.74 Å². The minimum absolute atomic E-state index is 0.532. The fourth-order valence-corrected chi connectivity index (χ4v) is 3.04. The molecule has 0 saturated carbocycles. The second kappa shape index (κ2) is 7.34. The van der Waals surface area contributed by atoms with Crippen LogP contribution in [0.4, 0.5) is 0 Å². The second-order valence-corrected chi connectivity index (χ2v) is 5.43. The van der Waals surface area contributed by atoms with Gasteiger partial charge in [0.15, 0.2) is 0 Å². The van der Waals surface area contributed by atoms with Gasteiger partial charge in [0.25, 0.3) is 0 Å². The molecule has 0 aromatic heterocycles. The average molecular weight is 240 g/mol. The molecule has 0 aromatic rings. The average Bonchev–Trinajstić information content (AvgIpc) is 2.40. The lowest BCUT2D eigenvalue weighted by Crippen LogP contribution is -2.41. The Labute approximate surface area is 106 Å². The zero-order chi connectivity index (χ0) is 11.9. The fourth-order valence-electron chi connectivity index (χ4n) is 3.04. The van der Waals surface area contributed by atoms with Crippen LogP contribution in [0, 0.1) is 0 Å². The van der Waals surface area contributed by atoms with Crippen molar-refractivity contribution in [3.63, 3.8) is 0 Å². The van der Waals surface area contributed by atoms with E-state index in [2.05, 4.69) is 17.1 Å². The Bertz CT molecular complexity index is 196. The summed E-state index contributed by atoms with van der Waals surface area (Å²) < 4.78 is 5.69. The summed E-state index contributed by atoms with van der Waals surface area (Å²) in [5, 5.41) is 3.64. The standard InChI is InChI=1S/C14H28N2O/c1-2-17-14-7-11-16(12-8-14)10-6-13-5-3-4-9-15-13/h13-15H,2-12H2,1H3. The smallest absolute Gasteiger partial charge is 0.0599 e. The Hall–Kier alpha value is -0.120. The number of ether oxygens (including phenoxy) is 1. The van der Waals surface area contributed by atoms with Crippen LogP contribution < -0.4 is 5.32 Å². The lowest BCUT2D eigenvalue weighted by molar-refractivity contribution is 0.0134. The van der Waals surface area contributed by atoms with Gasteiger partial charge in [-0.1, -0.05) is 6.42 Å². The Balaban J connectivity index is 1.57. The number of nitrogens with one attached hydrogen (secondary N) is 1. The van der Waals surface area contributed by atoms with Gasteiger partial charge in [-0.05, 0) is 52.1 Å². The topological polar surface area (TPSA) is 24.5 Å². The van der Waals surface area contributed by atoms with Gasteiger partial charge in [-0.15, -0.1) is 0 Å². The first-order valence-corrected chi connectivity index (χ1v) is 7.46. The van der Waals surface area contributed by atoms with E-state index in [-0.39, 0.29) is 0 Å². The third kappa shape index (κ3) is 4.57. The highest BCUT2D eigenvalue weighted by molar-refractivity contribution is 4.77. The Morgan fingerprint density at radius 2 is 2.00 bits per heavy atom. The fraction of sp³-hybridized carbons (Fsp3) is 1.00. The van der Waals surface area contributed by atoms with E-state index in [1.165, 1.54) is 64.7 Å². The SMILES string of the molecule is CCOC1CCN(CCC2CCCCN2)CC1. The number of nitrogens with zero attached hydrogens (tertiary/aromatic N) is 1. The van der Waals surface area contributed by atoms with Crippen LogP contribution in [0.5, 0.6) is 0 Å². The van der Waals surface area contributed by atoms with Crippen molar-refractivity contribution in [2.75, 3.05) is 32.8 Å². The quantitative estimate of drug-likeness (QED) is 0.795. The van der Waals surface area contributed by atoms with E-state index in [9.17, 15) is 0 Å². The molecule has 0 spiro atoms. The van der Waals surface area contributed by atoms with Crippen LogP contribution in [0.1, 0.15) is 45.4 Å². The first-order valence-electron chi connectivity index (χ1n) is 7.46. The van der Waals surface area contributed by atoms with Crippen molar-refractivity contribution in [1.29, 1.82) is 0 Å². The summed E-state index contributed by atoms with van der Waals surface area (Å²) in [5.74, 6) is 0. The predicted molar refractivity (Wildman–Crippen MR) is 71.3 cm³/mol. The summed E-state index contributed by atoms with van der Waals surface area (Å²) in [6.07, 6.45) is 8.50. The molecule has 0 aliphatic carbocycles. The molecule has 17 heavy (non-hydrogen) atoms. The molecule has 2 heterocycles. The van der Waals surface area contributed by atoms with Gasteiger partial charge in [-0.25, -0.2) is 0 Å². The van der Waals surface area contributed by atoms with Crippen LogP contribution in [-0.4, -0.2) is 49.8 Å². The van der Waals surface area contributed by atoms with Crippen molar-refractivity contribution in [3.05, 3.63) is 0 Å². The summed E-state index contributed by atoms with van der Waals surface area (Å²) in [7, 11) is 0. The number of rotatable bonds is 5. The minimum atomic E-state index is 0.532. The molecule has 3 heteroatoms. The highest BCUT2D eigenvalue weighted by atomic mass is 16.5. The first kappa shape index (κ1) is 13.3. The Kier molecular flexibility index (Phi) is 5.75. The molecule has 0 amide bonds. The van der Waals surface area contributed by atoms with Gasteiger partial charge < -0.3 is 15.0 Å². The number of likely N-dealkylation sites (tertiary alicyclic amines) is 1. The van der Waals surface area contributed by atoms with Crippen LogP contribution in [-0.2, 0) is 4.74 Å². The molecule has 0 radical (unpaired) electrons.